The van der Waals surface area contributed by atoms with Gasteiger partial charge in [-0.3, -0.25) is 4.72 Å². The molecule has 8 heteroatoms. The summed E-state index contributed by atoms with van der Waals surface area (Å²) in [6, 6.07) is 5.50. The Kier molecular flexibility index (Phi) is 3.26. The number of aromatic nitrogens is 1. The van der Waals surface area contributed by atoms with Crippen molar-refractivity contribution in [3.05, 3.63) is 41.8 Å². The first-order valence-corrected chi connectivity index (χ1v) is 6.66. The first-order valence-electron chi connectivity index (χ1n) is 5.18. The van der Waals surface area contributed by atoms with E-state index in [2.05, 4.69) is 9.71 Å². The third kappa shape index (κ3) is 2.74. The van der Waals surface area contributed by atoms with Crippen molar-refractivity contribution in [2.75, 3.05) is 4.72 Å². The largest absolute Gasteiger partial charge is 0.475 e. The van der Waals surface area contributed by atoms with Crippen LogP contribution in [-0.2, 0) is 10.0 Å². The molecule has 0 unspecified atom stereocenters. The number of carbonyl (C=O) groups is 1. The lowest BCUT2D eigenvalue weighted by molar-refractivity contribution is 0.0656. The zero-order valence-electron chi connectivity index (χ0n) is 9.82. The highest BCUT2D eigenvalue weighted by atomic mass is 32.2. The minimum Gasteiger partial charge on any atom is -0.475 e. The van der Waals surface area contributed by atoms with Crippen LogP contribution in [0, 0.1) is 6.92 Å². The summed E-state index contributed by atoms with van der Waals surface area (Å²) < 4.78 is 30.9. The number of hydrogen-bond donors (Lipinski definition) is 2. The van der Waals surface area contributed by atoms with Crippen molar-refractivity contribution in [2.45, 2.75) is 12.0 Å². The van der Waals surface area contributed by atoms with Gasteiger partial charge < -0.3 is 9.52 Å². The minimum atomic E-state index is -3.99. The lowest BCUT2D eigenvalue weighted by Crippen LogP contribution is -2.14. The molecule has 7 nitrogen and oxygen atoms in total. The highest BCUT2D eigenvalue weighted by molar-refractivity contribution is 7.92. The van der Waals surface area contributed by atoms with Gasteiger partial charge in [0.25, 0.3) is 10.0 Å². The molecule has 0 spiro atoms. The molecule has 0 saturated heterocycles. The first-order chi connectivity index (χ1) is 8.90. The van der Waals surface area contributed by atoms with Crippen LogP contribution in [-0.4, -0.2) is 24.5 Å². The molecule has 0 aliphatic carbocycles. The number of furan rings is 1. The van der Waals surface area contributed by atoms with Crippen LogP contribution < -0.4 is 4.72 Å². The average molecular weight is 282 g/mol. The van der Waals surface area contributed by atoms with Gasteiger partial charge in [-0.05, 0) is 30.7 Å². The Labute approximate surface area is 108 Å². The van der Waals surface area contributed by atoms with Crippen molar-refractivity contribution < 1.29 is 22.7 Å². The van der Waals surface area contributed by atoms with E-state index in [1.807, 2.05) is 0 Å². The van der Waals surface area contributed by atoms with Gasteiger partial charge in [-0.15, -0.1) is 0 Å². The average Bonchev–Trinajstić information content (AvgIpc) is 2.82. The Morgan fingerprint density at radius 2 is 2.11 bits per heavy atom. The molecule has 100 valence electrons. The van der Waals surface area contributed by atoms with E-state index < -0.39 is 26.8 Å². The van der Waals surface area contributed by atoms with Gasteiger partial charge in [-0.2, -0.15) is 8.42 Å². The smallest absolute Gasteiger partial charge is 0.371 e. The normalized spacial score (nSPS) is 11.2. The fourth-order valence-corrected chi connectivity index (χ4v) is 2.37. The Morgan fingerprint density at radius 1 is 1.37 bits per heavy atom. The predicted octanol–water partition coefficient (Wildman–Crippen LogP) is 1.48. The number of nitrogens with one attached hydrogen (secondary N) is 1. The maximum Gasteiger partial charge on any atom is 0.371 e. The van der Waals surface area contributed by atoms with Crippen LogP contribution in [0.25, 0.3) is 0 Å². The van der Waals surface area contributed by atoms with E-state index in [1.165, 1.54) is 6.20 Å². The number of carboxylic acid groups (broad SMARTS) is 1. The van der Waals surface area contributed by atoms with Gasteiger partial charge >= 0.3 is 5.97 Å². The van der Waals surface area contributed by atoms with E-state index in [9.17, 15) is 13.2 Å². The maximum atomic E-state index is 12.0. The van der Waals surface area contributed by atoms with E-state index in [0.717, 1.165) is 12.1 Å². The second kappa shape index (κ2) is 4.73. The Hall–Kier alpha value is -2.35. The Balaban J connectivity index is 2.32. The zero-order chi connectivity index (χ0) is 14.0. The van der Waals surface area contributed by atoms with Crippen molar-refractivity contribution in [1.82, 2.24) is 4.98 Å². The molecule has 0 saturated carbocycles. The van der Waals surface area contributed by atoms with Gasteiger partial charge in [0.15, 0.2) is 0 Å². The summed E-state index contributed by atoms with van der Waals surface area (Å²) in [6.45, 7) is 1.69. The van der Waals surface area contributed by atoms with Gasteiger partial charge in [-0.25, -0.2) is 9.78 Å². The number of aryl methyl sites for hydroxylation is 1. The maximum absolute atomic E-state index is 12.0. The molecule has 0 radical (unpaired) electrons. The lowest BCUT2D eigenvalue weighted by atomic mass is 10.3. The number of carboxylic acids is 1. The highest BCUT2D eigenvalue weighted by Gasteiger charge is 2.22. The third-order valence-corrected chi connectivity index (χ3v) is 3.51. The Morgan fingerprint density at radius 3 is 2.68 bits per heavy atom. The predicted molar refractivity (Wildman–Crippen MR) is 65.4 cm³/mol. The van der Waals surface area contributed by atoms with Crippen molar-refractivity contribution in [3.63, 3.8) is 0 Å². The van der Waals surface area contributed by atoms with Gasteiger partial charge in [0, 0.05) is 6.20 Å². The summed E-state index contributed by atoms with van der Waals surface area (Å²) in [5.41, 5.74) is 0.635. The zero-order valence-corrected chi connectivity index (χ0v) is 10.6. The molecule has 2 heterocycles. The van der Waals surface area contributed by atoms with Crippen molar-refractivity contribution in [2.24, 2.45) is 0 Å². The standard InChI is InChI=1S/C11H10N2O5S/c1-7-3-2-6-12-10(7)13-19(16,17)9-5-4-8(18-9)11(14)15/h2-6H,1H3,(H,12,13)(H,14,15). The number of aromatic carboxylic acids is 1. The number of pyridine rings is 1. The van der Waals surface area contributed by atoms with E-state index in [4.69, 9.17) is 9.52 Å². The third-order valence-electron chi connectivity index (χ3n) is 2.30. The van der Waals surface area contributed by atoms with Crippen LogP contribution in [0.5, 0.6) is 0 Å². The van der Waals surface area contributed by atoms with Crippen LogP contribution in [0.2, 0.25) is 0 Å². The van der Waals surface area contributed by atoms with Crippen molar-refractivity contribution >= 4 is 21.8 Å². The van der Waals surface area contributed by atoms with E-state index >= 15 is 0 Å². The molecule has 0 amide bonds. The van der Waals surface area contributed by atoms with Gasteiger partial charge in [0.1, 0.15) is 5.82 Å². The van der Waals surface area contributed by atoms with Crippen LogP contribution >= 0.6 is 0 Å². The first kappa shape index (κ1) is 13.1. The number of anilines is 1. The molecule has 2 rings (SSSR count). The summed E-state index contributed by atoms with van der Waals surface area (Å²) >= 11 is 0. The second-order valence-electron chi connectivity index (χ2n) is 3.70. The minimum absolute atomic E-state index is 0.163. The molecular weight excluding hydrogens is 272 g/mol. The number of hydrogen-bond acceptors (Lipinski definition) is 5. The molecule has 0 fully saturated rings. The van der Waals surface area contributed by atoms with E-state index in [1.54, 1.807) is 19.1 Å². The fraction of sp³-hybridized carbons (Fsp3) is 0.0909. The molecule has 2 aromatic rings. The topological polar surface area (TPSA) is 110 Å². The molecular formula is C11H10N2O5S. The summed E-state index contributed by atoms with van der Waals surface area (Å²) in [6.07, 6.45) is 1.44. The molecule has 19 heavy (non-hydrogen) atoms. The molecule has 0 aliphatic heterocycles. The highest BCUT2D eigenvalue weighted by Crippen LogP contribution is 2.19. The quantitative estimate of drug-likeness (QED) is 0.879. The summed E-state index contributed by atoms with van der Waals surface area (Å²) in [4.78, 5) is 14.5. The number of sulfonamides is 1. The fourth-order valence-electron chi connectivity index (χ4n) is 1.35. The van der Waals surface area contributed by atoms with Gasteiger partial charge in [0.05, 0.1) is 0 Å². The second-order valence-corrected chi connectivity index (χ2v) is 5.31. The number of nitrogens with zero attached hydrogens (tertiary/aromatic N) is 1. The Bertz CT molecular complexity index is 720. The van der Waals surface area contributed by atoms with Crippen LogP contribution in [0.1, 0.15) is 16.1 Å². The monoisotopic (exact) mass is 282 g/mol. The van der Waals surface area contributed by atoms with Crippen LogP contribution in [0.3, 0.4) is 0 Å². The molecule has 0 atom stereocenters. The summed E-state index contributed by atoms with van der Waals surface area (Å²) in [5, 5.41) is 8.20. The summed E-state index contributed by atoms with van der Waals surface area (Å²) in [5.74, 6) is -1.62. The molecule has 2 N–H and O–H groups in total. The lowest BCUT2D eigenvalue weighted by Gasteiger charge is -2.06. The van der Waals surface area contributed by atoms with Gasteiger partial charge in [-0.1, -0.05) is 6.07 Å². The van der Waals surface area contributed by atoms with E-state index in [-0.39, 0.29) is 5.82 Å². The van der Waals surface area contributed by atoms with Crippen LogP contribution in [0.15, 0.2) is 40.0 Å². The molecule has 0 aliphatic rings. The van der Waals surface area contributed by atoms with E-state index in [0.29, 0.717) is 5.56 Å². The summed E-state index contributed by atoms with van der Waals surface area (Å²) in [7, 11) is -3.99. The molecule has 0 aromatic carbocycles. The van der Waals surface area contributed by atoms with Crippen molar-refractivity contribution in [3.8, 4) is 0 Å². The molecule has 0 bridgehead atoms. The molecule has 2 aromatic heterocycles. The SMILES string of the molecule is Cc1cccnc1NS(=O)(=O)c1ccc(C(=O)O)o1. The van der Waals surface area contributed by atoms with Crippen LogP contribution in [0.4, 0.5) is 5.82 Å². The van der Waals surface area contributed by atoms with Crippen molar-refractivity contribution in [1.29, 1.82) is 0 Å². The number of rotatable bonds is 4. The van der Waals surface area contributed by atoms with Gasteiger partial charge in [0.2, 0.25) is 10.9 Å².